The third-order valence-corrected chi connectivity index (χ3v) is 4.35. The summed E-state index contributed by atoms with van der Waals surface area (Å²) in [5, 5.41) is 3.74. The van der Waals surface area contributed by atoms with Crippen molar-refractivity contribution in [2.24, 2.45) is 0 Å². The summed E-state index contributed by atoms with van der Waals surface area (Å²) in [6, 6.07) is 13.6. The van der Waals surface area contributed by atoms with E-state index in [1.807, 2.05) is 42.5 Å². The summed E-state index contributed by atoms with van der Waals surface area (Å²) in [5.74, 6) is 1.59. The van der Waals surface area contributed by atoms with Crippen LogP contribution in [0.15, 0.2) is 42.5 Å². The van der Waals surface area contributed by atoms with Gasteiger partial charge in [-0.25, -0.2) is 0 Å². The van der Waals surface area contributed by atoms with Crippen molar-refractivity contribution in [1.29, 1.82) is 0 Å². The minimum Gasteiger partial charge on any atom is -0.454 e. The minimum atomic E-state index is 0.0619. The van der Waals surface area contributed by atoms with E-state index in [0.29, 0.717) is 19.4 Å². The molecule has 0 radical (unpaired) electrons. The van der Waals surface area contributed by atoms with Crippen LogP contribution in [0.2, 0.25) is 5.02 Å². The fraction of sp³-hybridized carbons (Fsp3) is 0.316. The zero-order chi connectivity index (χ0) is 16.8. The molecule has 1 heterocycles. The Balaban J connectivity index is 1.36. The lowest BCUT2D eigenvalue weighted by Crippen LogP contribution is -2.25. The van der Waals surface area contributed by atoms with Gasteiger partial charge in [0, 0.05) is 18.0 Å². The summed E-state index contributed by atoms with van der Waals surface area (Å²) in [7, 11) is 0. The van der Waals surface area contributed by atoms with Gasteiger partial charge in [0.15, 0.2) is 11.5 Å². The monoisotopic (exact) mass is 345 g/mol. The second-order valence-corrected chi connectivity index (χ2v) is 6.14. The Labute approximate surface area is 146 Å². The van der Waals surface area contributed by atoms with Crippen LogP contribution >= 0.6 is 11.6 Å². The molecule has 0 aromatic heterocycles. The zero-order valence-corrected chi connectivity index (χ0v) is 14.1. The molecule has 0 spiro atoms. The van der Waals surface area contributed by atoms with Crippen molar-refractivity contribution in [2.45, 2.75) is 25.7 Å². The molecule has 0 atom stereocenters. The lowest BCUT2D eigenvalue weighted by atomic mass is 10.1. The Morgan fingerprint density at radius 2 is 1.92 bits per heavy atom. The van der Waals surface area contributed by atoms with Crippen molar-refractivity contribution in [1.82, 2.24) is 5.32 Å². The fourth-order valence-electron chi connectivity index (χ4n) is 2.65. The topological polar surface area (TPSA) is 47.6 Å². The number of rotatable bonds is 7. The number of fused-ring (bicyclic) bond motifs is 1. The summed E-state index contributed by atoms with van der Waals surface area (Å²) in [6.45, 7) is 0.926. The average molecular weight is 346 g/mol. The zero-order valence-electron chi connectivity index (χ0n) is 13.4. The highest BCUT2D eigenvalue weighted by Gasteiger charge is 2.13. The molecular formula is C19H20ClNO3. The second kappa shape index (κ2) is 8.06. The normalized spacial score (nSPS) is 12.2. The van der Waals surface area contributed by atoms with Crippen LogP contribution in [0.4, 0.5) is 0 Å². The standard InChI is InChI=1S/C19H20ClNO3/c20-16-6-2-1-4-15(16)5-3-11-21-19(22)10-8-14-7-9-17-18(12-14)24-13-23-17/h1-2,4,6-7,9,12H,3,5,8,10-11,13H2,(H,21,22). The van der Waals surface area contributed by atoms with E-state index in [2.05, 4.69) is 5.32 Å². The highest BCUT2D eigenvalue weighted by atomic mass is 35.5. The maximum atomic E-state index is 11.9. The number of hydrogen-bond donors (Lipinski definition) is 1. The molecule has 0 bridgehead atoms. The molecule has 0 unspecified atom stereocenters. The SMILES string of the molecule is O=C(CCc1ccc2c(c1)OCO2)NCCCc1ccccc1Cl. The number of hydrogen-bond acceptors (Lipinski definition) is 3. The predicted molar refractivity (Wildman–Crippen MR) is 93.7 cm³/mol. The molecule has 1 N–H and O–H groups in total. The Morgan fingerprint density at radius 1 is 1.08 bits per heavy atom. The van der Waals surface area contributed by atoms with Crippen LogP contribution in [-0.4, -0.2) is 19.2 Å². The number of halogens is 1. The molecule has 1 aliphatic heterocycles. The quantitative estimate of drug-likeness (QED) is 0.777. The Bertz CT molecular complexity index is 718. The Morgan fingerprint density at radius 3 is 2.79 bits per heavy atom. The van der Waals surface area contributed by atoms with Crippen molar-refractivity contribution in [3.05, 3.63) is 58.6 Å². The average Bonchev–Trinajstić information content (AvgIpc) is 3.06. The summed E-state index contributed by atoms with van der Waals surface area (Å²) in [4.78, 5) is 11.9. The molecule has 5 heteroatoms. The van der Waals surface area contributed by atoms with Gasteiger partial charge >= 0.3 is 0 Å². The van der Waals surface area contributed by atoms with Gasteiger partial charge in [-0.3, -0.25) is 4.79 Å². The summed E-state index contributed by atoms with van der Waals surface area (Å²) >= 11 is 6.12. The van der Waals surface area contributed by atoms with Gasteiger partial charge in [0.1, 0.15) is 0 Å². The van der Waals surface area contributed by atoms with E-state index >= 15 is 0 Å². The Hall–Kier alpha value is -2.20. The van der Waals surface area contributed by atoms with E-state index in [4.69, 9.17) is 21.1 Å². The van der Waals surface area contributed by atoms with Gasteiger partial charge < -0.3 is 14.8 Å². The summed E-state index contributed by atoms with van der Waals surface area (Å²) < 4.78 is 10.6. The predicted octanol–water partition coefficient (Wildman–Crippen LogP) is 3.75. The van der Waals surface area contributed by atoms with Gasteiger partial charge in [-0.15, -0.1) is 0 Å². The molecular weight excluding hydrogens is 326 g/mol. The molecule has 3 rings (SSSR count). The van der Waals surface area contributed by atoms with Gasteiger partial charge in [0.05, 0.1) is 0 Å². The molecule has 0 saturated carbocycles. The first-order chi connectivity index (χ1) is 11.7. The largest absolute Gasteiger partial charge is 0.454 e. The maximum absolute atomic E-state index is 11.9. The number of nitrogens with one attached hydrogen (secondary N) is 1. The van der Waals surface area contributed by atoms with Gasteiger partial charge in [0.2, 0.25) is 12.7 Å². The van der Waals surface area contributed by atoms with E-state index < -0.39 is 0 Å². The van der Waals surface area contributed by atoms with Crippen molar-refractivity contribution < 1.29 is 14.3 Å². The van der Waals surface area contributed by atoms with Crippen molar-refractivity contribution in [3.8, 4) is 11.5 Å². The summed E-state index contributed by atoms with van der Waals surface area (Å²) in [5.41, 5.74) is 2.19. The molecule has 1 amide bonds. The van der Waals surface area contributed by atoms with Crippen LogP contribution in [-0.2, 0) is 17.6 Å². The third kappa shape index (κ3) is 4.42. The molecule has 1 aliphatic rings. The molecule has 0 fully saturated rings. The summed E-state index contributed by atoms with van der Waals surface area (Å²) in [6.07, 6.45) is 2.89. The molecule has 126 valence electrons. The smallest absolute Gasteiger partial charge is 0.231 e. The van der Waals surface area contributed by atoms with E-state index in [0.717, 1.165) is 40.5 Å². The van der Waals surface area contributed by atoms with Crippen LogP contribution in [0.5, 0.6) is 11.5 Å². The van der Waals surface area contributed by atoms with E-state index in [1.165, 1.54) is 0 Å². The maximum Gasteiger partial charge on any atom is 0.231 e. The first-order valence-corrected chi connectivity index (χ1v) is 8.49. The molecule has 2 aromatic carbocycles. The van der Waals surface area contributed by atoms with E-state index in [-0.39, 0.29) is 12.7 Å². The molecule has 0 saturated heterocycles. The number of aryl methyl sites for hydroxylation is 2. The van der Waals surface area contributed by atoms with Crippen molar-refractivity contribution in [2.75, 3.05) is 13.3 Å². The van der Waals surface area contributed by atoms with Crippen LogP contribution in [0, 0.1) is 0 Å². The van der Waals surface area contributed by atoms with Gasteiger partial charge in [0.25, 0.3) is 0 Å². The third-order valence-electron chi connectivity index (χ3n) is 3.98. The number of carbonyl (C=O) groups is 1. The molecule has 24 heavy (non-hydrogen) atoms. The van der Waals surface area contributed by atoms with Crippen LogP contribution < -0.4 is 14.8 Å². The lowest BCUT2D eigenvalue weighted by Gasteiger charge is -2.07. The number of amides is 1. The minimum absolute atomic E-state index is 0.0619. The first kappa shape index (κ1) is 16.7. The van der Waals surface area contributed by atoms with Gasteiger partial charge in [-0.05, 0) is 48.6 Å². The van der Waals surface area contributed by atoms with Crippen molar-refractivity contribution >= 4 is 17.5 Å². The second-order valence-electron chi connectivity index (χ2n) is 5.73. The lowest BCUT2D eigenvalue weighted by molar-refractivity contribution is -0.121. The van der Waals surface area contributed by atoms with Crippen LogP contribution in [0.3, 0.4) is 0 Å². The highest BCUT2D eigenvalue weighted by Crippen LogP contribution is 2.32. The van der Waals surface area contributed by atoms with Gasteiger partial charge in [-0.1, -0.05) is 35.9 Å². The molecule has 0 aliphatic carbocycles. The molecule has 2 aromatic rings. The van der Waals surface area contributed by atoms with Gasteiger partial charge in [-0.2, -0.15) is 0 Å². The van der Waals surface area contributed by atoms with E-state index in [1.54, 1.807) is 0 Å². The highest BCUT2D eigenvalue weighted by molar-refractivity contribution is 6.31. The Kier molecular flexibility index (Phi) is 5.59. The van der Waals surface area contributed by atoms with Crippen LogP contribution in [0.25, 0.3) is 0 Å². The van der Waals surface area contributed by atoms with Crippen LogP contribution in [0.1, 0.15) is 24.0 Å². The van der Waals surface area contributed by atoms with E-state index in [9.17, 15) is 4.79 Å². The first-order valence-electron chi connectivity index (χ1n) is 8.11. The van der Waals surface area contributed by atoms with Crippen molar-refractivity contribution in [3.63, 3.8) is 0 Å². The fourth-order valence-corrected chi connectivity index (χ4v) is 2.88. The number of benzene rings is 2. The molecule has 4 nitrogen and oxygen atoms in total. The number of ether oxygens (including phenoxy) is 2. The number of carbonyl (C=O) groups excluding carboxylic acids is 1.